The molecule has 2 heterocycles. The maximum Gasteiger partial charge on any atom is 0.265 e. The molecule has 0 aliphatic carbocycles. The van der Waals surface area contributed by atoms with Gasteiger partial charge in [0.15, 0.2) is 0 Å². The fourth-order valence-electron chi connectivity index (χ4n) is 3.16. The van der Waals surface area contributed by atoms with Crippen LogP contribution < -0.4 is 10.1 Å². The summed E-state index contributed by atoms with van der Waals surface area (Å²) in [6.07, 6.45) is 0. The number of ether oxygens (including phenoxy) is 1. The minimum atomic E-state index is -0.149. The summed E-state index contributed by atoms with van der Waals surface area (Å²) < 4.78 is 7.53. The molecule has 6 heteroatoms. The fraction of sp³-hybridized carbons (Fsp3) is 0.182. The predicted molar refractivity (Wildman–Crippen MR) is 114 cm³/mol. The number of amides is 1. The minimum Gasteiger partial charge on any atom is -0.492 e. The third-order valence-corrected chi connectivity index (χ3v) is 5.66. The van der Waals surface area contributed by atoms with Gasteiger partial charge in [0.05, 0.1) is 28.6 Å². The highest BCUT2D eigenvalue weighted by Gasteiger charge is 2.18. The fourth-order valence-corrected chi connectivity index (χ4v) is 4.23. The van der Waals surface area contributed by atoms with Crippen LogP contribution in [0.2, 0.25) is 0 Å². The Morgan fingerprint density at radius 3 is 2.68 bits per heavy atom. The molecule has 2 aromatic carbocycles. The predicted octanol–water partition coefficient (Wildman–Crippen LogP) is 5.35. The van der Waals surface area contributed by atoms with Gasteiger partial charge >= 0.3 is 0 Å². The van der Waals surface area contributed by atoms with Crippen molar-refractivity contribution in [3.05, 3.63) is 70.7 Å². The molecule has 4 rings (SSSR count). The Morgan fingerprint density at radius 1 is 1.14 bits per heavy atom. The van der Waals surface area contributed by atoms with Crippen LogP contribution in [0, 0.1) is 13.8 Å². The topological polar surface area (TPSA) is 56.1 Å². The van der Waals surface area contributed by atoms with Crippen molar-refractivity contribution in [3.8, 4) is 11.4 Å². The SMILES string of the molecule is CCOc1ccccc1NC(=O)c1cc2c(C)nn(-c3ccccc3C)c2s1. The van der Waals surface area contributed by atoms with Crippen LogP contribution in [0.3, 0.4) is 0 Å². The van der Waals surface area contributed by atoms with Crippen LogP contribution in [0.1, 0.15) is 27.9 Å². The third-order valence-electron chi connectivity index (χ3n) is 4.55. The van der Waals surface area contributed by atoms with E-state index >= 15 is 0 Å². The van der Waals surface area contributed by atoms with E-state index in [1.54, 1.807) is 0 Å². The van der Waals surface area contributed by atoms with Crippen LogP contribution in [-0.4, -0.2) is 22.3 Å². The monoisotopic (exact) mass is 391 g/mol. The number of para-hydroxylation sites is 3. The molecule has 0 saturated heterocycles. The van der Waals surface area contributed by atoms with E-state index in [1.807, 2.05) is 67.1 Å². The van der Waals surface area contributed by atoms with E-state index in [9.17, 15) is 4.79 Å². The molecule has 0 aliphatic heterocycles. The molecule has 5 nitrogen and oxygen atoms in total. The number of anilines is 1. The lowest BCUT2D eigenvalue weighted by Crippen LogP contribution is -2.11. The van der Waals surface area contributed by atoms with E-state index in [4.69, 9.17) is 4.74 Å². The van der Waals surface area contributed by atoms with Gasteiger partial charge in [0.1, 0.15) is 10.6 Å². The van der Waals surface area contributed by atoms with Crippen molar-refractivity contribution in [3.63, 3.8) is 0 Å². The first-order chi connectivity index (χ1) is 13.6. The second-order valence-corrected chi connectivity index (χ2v) is 7.53. The Hall–Kier alpha value is -3.12. The average Bonchev–Trinajstić information content (AvgIpc) is 3.25. The number of benzene rings is 2. The summed E-state index contributed by atoms with van der Waals surface area (Å²) in [5.74, 6) is 0.519. The molecule has 0 saturated carbocycles. The van der Waals surface area contributed by atoms with E-state index in [0.29, 0.717) is 22.9 Å². The number of nitrogens with zero attached hydrogens (tertiary/aromatic N) is 2. The van der Waals surface area contributed by atoms with Crippen LogP contribution in [0.15, 0.2) is 54.6 Å². The molecule has 0 fully saturated rings. The standard InChI is InChI=1S/C22H21N3O2S/c1-4-27-19-12-8-6-10-17(19)23-21(26)20-13-16-15(3)24-25(22(16)28-20)18-11-7-5-9-14(18)2/h5-13H,4H2,1-3H3,(H,23,26). The summed E-state index contributed by atoms with van der Waals surface area (Å²) in [4.78, 5) is 14.5. The first-order valence-electron chi connectivity index (χ1n) is 9.17. The van der Waals surface area contributed by atoms with Gasteiger partial charge in [-0.25, -0.2) is 4.68 Å². The van der Waals surface area contributed by atoms with Gasteiger partial charge in [-0.1, -0.05) is 30.3 Å². The Balaban J connectivity index is 1.70. The summed E-state index contributed by atoms with van der Waals surface area (Å²) in [7, 11) is 0. The molecule has 0 aliphatic rings. The number of carbonyl (C=O) groups is 1. The molecule has 28 heavy (non-hydrogen) atoms. The highest BCUT2D eigenvalue weighted by Crippen LogP contribution is 2.32. The highest BCUT2D eigenvalue weighted by molar-refractivity contribution is 7.20. The number of carbonyl (C=O) groups excluding carboxylic acids is 1. The molecule has 4 aromatic rings. The van der Waals surface area contributed by atoms with Crippen LogP contribution in [-0.2, 0) is 0 Å². The molecule has 142 valence electrons. The van der Waals surface area contributed by atoms with E-state index in [1.165, 1.54) is 11.3 Å². The Bertz CT molecular complexity index is 1160. The van der Waals surface area contributed by atoms with Gasteiger partial charge in [0, 0.05) is 5.39 Å². The van der Waals surface area contributed by atoms with Crippen LogP contribution in [0.25, 0.3) is 15.9 Å². The zero-order valence-corrected chi connectivity index (χ0v) is 16.8. The van der Waals surface area contributed by atoms with Gasteiger partial charge in [-0.3, -0.25) is 4.79 Å². The Morgan fingerprint density at radius 2 is 1.89 bits per heavy atom. The molecule has 0 bridgehead atoms. The van der Waals surface area contributed by atoms with Gasteiger partial charge in [0.25, 0.3) is 5.91 Å². The number of aromatic nitrogens is 2. The number of rotatable bonds is 5. The van der Waals surface area contributed by atoms with Gasteiger partial charge in [-0.05, 0) is 50.6 Å². The van der Waals surface area contributed by atoms with Gasteiger partial charge < -0.3 is 10.1 Å². The Labute approximate surface area is 167 Å². The molecule has 0 atom stereocenters. The molecule has 1 N–H and O–H groups in total. The lowest BCUT2D eigenvalue weighted by molar-refractivity contribution is 0.103. The van der Waals surface area contributed by atoms with E-state index in [0.717, 1.165) is 27.2 Å². The number of hydrogen-bond donors (Lipinski definition) is 1. The smallest absolute Gasteiger partial charge is 0.265 e. The average molecular weight is 391 g/mol. The van der Waals surface area contributed by atoms with Crippen LogP contribution in [0.5, 0.6) is 5.75 Å². The molecular formula is C22H21N3O2S. The molecule has 0 unspecified atom stereocenters. The zero-order chi connectivity index (χ0) is 19.7. The first kappa shape index (κ1) is 18.3. The number of nitrogens with one attached hydrogen (secondary N) is 1. The summed E-state index contributed by atoms with van der Waals surface area (Å²) >= 11 is 1.44. The normalized spacial score (nSPS) is 11.0. The maximum absolute atomic E-state index is 12.9. The Kier molecular flexibility index (Phi) is 4.88. The lowest BCUT2D eigenvalue weighted by atomic mass is 10.2. The van der Waals surface area contributed by atoms with Crippen LogP contribution in [0.4, 0.5) is 5.69 Å². The number of aryl methyl sites for hydroxylation is 2. The number of thiophene rings is 1. The molecule has 1 amide bonds. The maximum atomic E-state index is 12.9. The largest absolute Gasteiger partial charge is 0.492 e. The highest BCUT2D eigenvalue weighted by atomic mass is 32.1. The van der Waals surface area contributed by atoms with E-state index < -0.39 is 0 Å². The van der Waals surface area contributed by atoms with Crippen molar-refractivity contribution in [2.45, 2.75) is 20.8 Å². The second kappa shape index (κ2) is 7.48. The van der Waals surface area contributed by atoms with Gasteiger partial charge in [-0.15, -0.1) is 11.3 Å². The summed E-state index contributed by atoms with van der Waals surface area (Å²) in [6, 6.07) is 17.5. The van der Waals surface area contributed by atoms with E-state index in [2.05, 4.69) is 23.4 Å². The zero-order valence-electron chi connectivity index (χ0n) is 16.0. The van der Waals surface area contributed by atoms with Gasteiger partial charge in [0.2, 0.25) is 0 Å². The molecule has 0 spiro atoms. The van der Waals surface area contributed by atoms with Gasteiger partial charge in [-0.2, -0.15) is 5.10 Å². The van der Waals surface area contributed by atoms with Crippen molar-refractivity contribution >= 4 is 33.1 Å². The molecule has 0 radical (unpaired) electrons. The first-order valence-corrected chi connectivity index (χ1v) is 9.98. The van der Waals surface area contributed by atoms with E-state index in [-0.39, 0.29) is 5.91 Å². The van der Waals surface area contributed by atoms with Crippen molar-refractivity contribution in [1.82, 2.24) is 9.78 Å². The lowest BCUT2D eigenvalue weighted by Gasteiger charge is -2.10. The summed E-state index contributed by atoms with van der Waals surface area (Å²) in [5.41, 5.74) is 3.74. The quantitative estimate of drug-likeness (QED) is 0.499. The third kappa shape index (κ3) is 3.27. The number of hydrogen-bond acceptors (Lipinski definition) is 4. The molecule has 2 aromatic heterocycles. The minimum absolute atomic E-state index is 0.149. The van der Waals surface area contributed by atoms with Crippen molar-refractivity contribution in [2.24, 2.45) is 0 Å². The van der Waals surface area contributed by atoms with Crippen molar-refractivity contribution in [2.75, 3.05) is 11.9 Å². The van der Waals surface area contributed by atoms with Crippen LogP contribution >= 0.6 is 11.3 Å². The summed E-state index contributed by atoms with van der Waals surface area (Å²) in [6.45, 7) is 6.49. The summed E-state index contributed by atoms with van der Waals surface area (Å²) in [5, 5.41) is 8.65. The number of fused-ring (bicyclic) bond motifs is 1. The molecular weight excluding hydrogens is 370 g/mol. The van der Waals surface area contributed by atoms with Crippen molar-refractivity contribution < 1.29 is 9.53 Å². The second-order valence-electron chi connectivity index (χ2n) is 6.50. The van der Waals surface area contributed by atoms with Crippen molar-refractivity contribution in [1.29, 1.82) is 0 Å².